The first-order valence-electron chi connectivity index (χ1n) is 9.73. The van der Waals surface area contributed by atoms with Gasteiger partial charge in [0.15, 0.2) is 0 Å². The van der Waals surface area contributed by atoms with Crippen molar-refractivity contribution in [2.45, 2.75) is 52.1 Å². The number of benzene rings is 1. The summed E-state index contributed by atoms with van der Waals surface area (Å²) in [6.45, 7) is 3.20. The van der Waals surface area contributed by atoms with Crippen molar-refractivity contribution in [1.29, 1.82) is 0 Å². The van der Waals surface area contributed by atoms with E-state index < -0.39 is 29.4 Å². The number of anilines is 1. The second-order valence-corrected chi connectivity index (χ2v) is 7.26. The number of Topliss-reactive ketones (excluding diaryl/α,β-unsaturated/α-hetero) is 3. The molecule has 0 bridgehead atoms. The van der Waals surface area contributed by atoms with Gasteiger partial charge in [-0.2, -0.15) is 0 Å². The van der Waals surface area contributed by atoms with Crippen LogP contribution in [0, 0.1) is 5.92 Å². The molecule has 0 spiro atoms. The van der Waals surface area contributed by atoms with Gasteiger partial charge in [0, 0.05) is 18.9 Å². The highest BCUT2D eigenvalue weighted by Crippen LogP contribution is 2.30. The molecule has 0 amide bonds. The highest BCUT2D eigenvalue weighted by molar-refractivity contribution is 6.63. The minimum absolute atomic E-state index is 0.0399. The summed E-state index contributed by atoms with van der Waals surface area (Å²) >= 11 is 0. The Morgan fingerprint density at radius 3 is 2.53 bits per heavy atom. The predicted molar refractivity (Wildman–Crippen MR) is 105 cm³/mol. The number of hydrogen-bond acceptors (Lipinski definition) is 9. The zero-order chi connectivity index (χ0) is 22.3. The van der Waals surface area contributed by atoms with Crippen LogP contribution < -0.4 is 5.48 Å². The third-order valence-corrected chi connectivity index (χ3v) is 5.02. The molecule has 162 valence electrons. The number of cyclic esters (lactones) is 1. The molecule has 0 fully saturated rings. The number of ketones is 3. The molecule has 30 heavy (non-hydrogen) atoms. The van der Waals surface area contributed by atoms with Gasteiger partial charge in [0.05, 0.1) is 5.69 Å². The van der Waals surface area contributed by atoms with Crippen LogP contribution in [0.3, 0.4) is 0 Å². The van der Waals surface area contributed by atoms with E-state index >= 15 is 0 Å². The van der Waals surface area contributed by atoms with Crippen LogP contribution in [0.15, 0.2) is 12.1 Å². The Hall–Kier alpha value is -3.07. The molecule has 9 nitrogen and oxygen atoms in total. The minimum atomic E-state index is -1.01. The van der Waals surface area contributed by atoms with E-state index in [1.54, 1.807) is 13.8 Å². The van der Waals surface area contributed by atoms with Crippen molar-refractivity contribution < 1.29 is 38.7 Å². The molecular weight excluding hydrogens is 394 g/mol. The highest BCUT2D eigenvalue weighted by atomic mass is 16.6. The van der Waals surface area contributed by atoms with Crippen molar-refractivity contribution in [3.8, 4) is 5.75 Å². The van der Waals surface area contributed by atoms with Crippen molar-refractivity contribution >= 4 is 35.3 Å². The number of hydrogen-bond donors (Lipinski definition) is 2. The second kappa shape index (κ2) is 10.6. The van der Waals surface area contributed by atoms with Crippen molar-refractivity contribution in [3.05, 3.63) is 23.3 Å². The van der Waals surface area contributed by atoms with E-state index in [4.69, 9.17) is 9.57 Å². The van der Waals surface area contributed by atoms with Crippen molar-refractivity contribution in [2.75, 3.05) is 12.1 Å². The zero-order valence-corrected chi connectivity index (χ0v) is 16.9. The topological polar surface area (TPSA) is 136 Å². The molecular formula is C21H25NO8. The lowest BCUT2D eigenvalue weighted by molar-refractivity contribution is -0.144. The van der Waals surface area contributed by atoms with Crippen LogP contribution in [0.4, 0.5) is 5.69 Å². The Morgan fingerprint density at radius 1 is 1.13 bits per heavy atom. The lowest BCUT2D eigenvalue weighted by atomic mass is 9.94. The van der Waals surface area contributed by atoms with Gasteiger partial charge in [-0.15, -0.1) is 0 Å². The van der Waals surface area contributed by atoms with Crippen LogP contribution >= 0.6 is 0 Å². The standard InChI is InChI=1S/C21H25NO8/c1-12-6-7-17(25)20(27)16(24)5-3-4-14-10-15(22-29-9-8-23)11-18(26)19(14)21(28)30-13(12)2/h8,10-13,22,26H,3-7,9H2,1-2H3/t12-,13+/m1/s1. The summed E-state index contributed by atoms with van der Waals surface area (Å²) in [5.41, 5.74) is 3.11. The summed E-state index contributed by atoms with van der Waals surface area (Å²) in [5.74, 6) is -3.84. The Labute approximate surface area is 173 Å². The molecule has 0 aliphatic carbocycles. The van der Waals surface area contributed by atoms with Crippen LogP contribution in [0.2, 0.25) is 0 Å². The second-order valence-electron chi connectivity index (χ2n) is 7.26. The molecule has 2 rings (SSSR count). The molecule has 0 radical (unpaired) electrons. The largest absolute Gasteiger partial charge is 0.507 e. The van der Waals surface area contributed by atoms with Gasteiger partial charge in [0.25, 0.3) is 5.78 Å². The molecule has 9 heteroatoms. The van der Waals surface area contributed by atoms with E-state index in [1.165, 1.54) is 12.1 Å². The normalized spacial score (nSPS) is 21.4. The maximum absolute atomic E-state index is 12.7. The number of nitrogens with one attached hydrogen (secondary N) is 1. The Balaban J connectivity index is 2.36. The SMILES string of the molecule is C[C@@H]1CCC(=O)C(=O)C(=O)CCCc2cc(NOCC=O)cc(O)c2C(=O)O[C@H]1C. The maximum Gasteiger partial charge on any atom is 0.342 e. The summed E-state index contributed by atoms with van der Waals surface area (Å²) in [5, 5.41) is 10.4. The molecule has 0 saturated heterocycles. The fraction of sp³-hybridized carbons (Fsp3) is 0.476. The number of aromatic hydroxyl groups is 1. The van der Waals surface area contributed by atoms with Crippen molar-refractivity contribution in [1.82, 2.24) is 0 Å². The lowest BCUT2D eigenvalue weighted by Crippen LogP contribution is -2.27. The summed E-state index contributed by atoms with van der Waals surface area (Å²) in [6.07, 6.45) is 0.328. The van der Waals surface area contributed by atoms with Gasteiger partial charge in [0.2, 0.25) is 11.6 Å². The zero-order valence-electron chi connectivity index (χ0n) is 16.9. The molecule has 2 atom stereocenters. The summed E-state index contributed by atoms with van der Waals surface area (Å²) in [6, 6.07) is 2.79. The number of phenols is 1. The smallest absolute Gasteiger partial charge is 0.342 e. The first-order valence-corrected chi connectivity index (χ1v) is 9.73. The number of aryl methyl sites for hydroxylation is 1. The van der Waals surface area contributed by atoms with E-state index in [9.17, 15) is 29.1 Å². The van der Waals surface area contributed by atoms with Crippen LogP contribution in [-0.2, 0) is 35.2 Å². The van der Waals surface area contributed by atoms with E-state index in [0.29, 0.717) is 17.5 Å². The van der Waals surface area contributed by atoms with Crippen molar-refractivity contribution in [2.24, 2.45) is 5.92 Å². The van der Waals surface area contributed by atoms with Crippen LogP contribution in [0.1, 0.15) is 55.5 Å². The van der Waals surface area contributed by atoms with Gasteiger partial charge in [-0.05, 0) is 43.7 Å². The van der Waals surface area contributed by atoms with Crippen LogP contribution in [-0.4, -0.2) is 47.4 Å². The van der Waals surface area contributed by atoms with E-state index in [1.807, 2.05) is 0 Å². The quantitative estimate of drug-likeness (QED) is 0.247. The molecule has 0 saturated carbocycles. The lowest BCUT2D eigenvalue weighted by Gasteiger charge is -2.22. The van der Waals surface area contributed by atoms with Gasteiger partial charge >= 0.3 is 5.97 Å². The number of esters is 1. The molecule has 1 aromatic rings. The van der Waals surface area contributed by atoms with E-state index in [0.717, 1.165) is 0 Å². The summed E-state index contributed by atoms with van der Waals surface area (Å²) in [7, 11) is 0. The number of ether oxygens (including phenoxy) is 1. The third kappa shape index (κ3) is 5.96. The van der Waals surface area contributed by atoms with Gasteiger partial charge in [-0.3, -0.25) is 24.7 Å². The Kier molecular flexibility index (Phi) is 8.23. The molecule has 0 aromatic heterocycles. The summed E-state index contributed by atoms with van der Waals surface area (Å²) < 4.78 is 5.48. The molecule has 1 heterocycles. The third-order valence-electron chi connectivity index (χ3n) is 5.02. The number of carbonyl (C=O) groups excluding carboxylic acids is 5. The highest BCUT2D eigenvalue weighted by Gasteiger charge is 2.27. The first-order chi connectivity index (χ1) is 14.2. The molecule has 2 N–H and O–H groups in total. The number of carbonyl (C=O) groups is 5. The number of rotatable bonds is 4. The average molecular weight is 419 g/mol. The van der Waals surface area contributed by atoms with Gasteiger partial charge < -0.3 is 14.6 Å². The van der Waals surface area contributed by atoms with Crippen LogP contribution in [0.25, 0.3) is 0 Å². The summed E-state index contributed by atoms with van der Waals surface area (Å²) in [4.78, 5) is 64.0. The van der Waals surface area contributed by atoms with Gasteiger partial charge in [-0.1, -0.05) is 6.92 Å². The first kappa shape index (κ1) is 23.2. The molecule has 0 unspecified atom stereocenters. The fourth-order valence-electron chi connectivity index (χ4n) is 3.10. The number of fused-ring (bicyclic) bond motifs is 1. The van der Waals surface area contributed by atoms with Crippen molar-refractivity contribution in [3.63, 3.8) is 0 Å². The molecule has 1 aromatic carbocycles. The van der Waals surface area contributed by atoms with Gasteiger partial charge in [-0.25, -0.2) is 4.79 Å². The van der Waals surface area contributed by atoms with E-state index in [-0.39, 0.29) is 55.9 Å². The molecule has 1 aliphatic rings. The Bertz CT molecular complexity index is 848. The number of aldehydes is 1. The average Bonchev–Trinajstić information content (AvgIpc) is 2.70. The number of phenolic OH excluding ortho intramolecular Hbond substituents is 1. The minimum Gasteiger partial charge on any atom is -0.507 e. The van der Waals surface area contributed by atoms with Gasteiger partial charge in [0.1, 0.15) is 30.3 Å². The van der Waals surface area contributed by atoms with E-state index in [2.05, 4.69) is 5.48 Å². The Morgan fingerprint density at radius 2 is 1.83 bits per heavy atom. The van der Waals surface area contributed by atoms with Crippen LogP contribution in [0.5, 0.6) is 5.75 Å². The fourth-order valence-corrected chi connectivity index (χ4v) is 3.10. The maximum atomic E-state index is 12.7. The molecule has 1 aliphatic heterocycles. The predicted octanol–water partition coefficient (Wildman–Crippen LogP) is 1.94. The monoisotopic (exact) mass is 419 g/mol.